The molecular formula is C15H15F2NO. The Hall–Kier alpha value is -2.10. The summed E-state index contributed by atoms with van der Waals surface area (Å²) in [6.45, 7) is 4.09. The summed E-state index contributed by atoms with van der Waals surface area (Å²) in [6.07, 6.45) is 0. The number of anilines is 1. The minimum atomic E-state index is -0.682. The van der Waals surface area contributed by atoms with Gasteiger partial charge in [0.25, 0.3) is 0 Å². The molecule has 2 N–H and O–H groups in total. The maximum absolute atomic E-state index is 13.6. The Balaban J connectivity index is 2.22. The van der Waals surface area contributed by atoms with Gasteiger partial charge in [-0.15, -0.1) is 0 Å². The van der Waals surface area contributed by atoms with Crippen molar-refractivity contribution in [2.45, 2.75) is 20.5 Å². The van der Waals surface area contributed by atoms with Gasteiger partial charge in [0.05, 0.1) is 5.69 Å². The van der Waals surface area contributed by atoms with E-state index in [1.54, 1.807) is 0 Å². The highest BCUT2D eigenvalue weighted by Gasteiger charge is 2.10. The molecule has 0 aliphatic rings. The van der Waals surface area contributed by atoms with Gasteiger partial charge in [-0.2, -0.15) is 0 Å². The number of halogens is 2. The number of aryl methyl sites for hydroxylation is 2. The lowest BCUT2D eigenvalue weighted by Crippen LogP contribution is -2.03. The van der Waals surface area contributed by atoms with Crippen LogP contribution in [0.5, 0.6) is 5.75 Å². The fourth-order valence-electron chi connectivity index (χ4n) is 1.88. The number of benzene rings is 2. The van der Waals surface area contributed by atoms with Crippen molar-refractivity contribution < 1.29 is 13.5 Å². The Morgan fingerprint density at radius 2 is 1.68 bits per heavy atom. The summed E-state index contributed by atoms with van der Waals surface area (Å²) in [6, 6.07) is 7.74. The van der Waals surface area contributed by atoms with E-state index in [9.17, 15) is 8.78 Å². The predicted molar refractivity (Wildman–Crippen MR) is 71.0 cm³/mol. The summed E-state index contributed by atoms with van der Waals surface area (Å²) < 4.78 is 32.2. The number of rotatable bonds is 3. The van der Waals surface area contributed by atoms with E-state index < -0.39 is 11.6 Å². The molecule has 0 spiro atoms. The molecule has 0 aliphatic carbocycles. The van der Waals surface area contributed by atoms with Crippen molar-refractivity contribution in [2.24, 2.45) is 0 Å². The first kappa shape index (κ1) is 13.3. The molecule has 19 heavy (non-hydrogen) atoms. The van der Waals surface area contributed by atoms with E-state index in [2.05, 4.69) is 0 Å². The fraction of sp³-hybridized carbons (Fsp3) is 0.200. The third-order valence-corrected chi connectivity index (χ3v) is 3.07. The first-order valence-corrected chi connectivity index (χ1v) is 5.91. The molecule has 0 amide bonds. The van der Waals surface area contributed by atoms with Crippen molar-refractivity contribution in [1.29, 1.82) is 0 Å². The second kappa shape index (κ2) is 5.26. The van der Waals surface area contributed by atoms with Crippen LogP contribution in [0, 0.1) is 25.5 Å². The van der Waals surface area contributed by atoms with Crippen LogP contribution in [0.25, 0.3) is 0 Å². The summed E-state index contributed by atoms with van der Waals surface area (Å²) in [7, 11) is 0. The van der Waals surface area contributed by atoms with Gasteiger partial charge in [-0.3, -0.25) is 0 Å². The quantitative estimate of drug-likeness (QED) is 0.856. The monoisotopic (exact) mass is 263 g/mol. The summed E-state index contributed by atoms with van der Waals surface area (Å²) in [4.78, 5) is 0. The van der Waals surface area contributed by atoms with Gasteiger partial charge in [0, 0.05) is 12.1 Å². The van der Waals surface area contributed by atoms with Crippen molar-refractivity contribution in [3.8, 4) is 5.75 Å². The average Bonchev–Trinajstić information content (AvgIpc) is 2.34. The first-order chi connectivity index (χ1) is 8.99. The number of nitrogens with two attached hydrogens (primary N) is 1. The van der Waals surface area contributed by atoms with E-state index >= 15 is 0 Å². The Labute approximate surface area is 110 Å². The molecule has 2 aromatic carbocycles. The number of nitrogen functional groups attached to an aromatic ring is 1. The van der Waals surface area contributed by atoms with Crippen molar-refractivity contribution in [3.05, 3.63) is 58.7 Å². The Morgan fingerprint density at radius 3 is 2.32 bits per heavy atom. The average molecular weight is 263 g/mol. The van der Waals surface area contributed by atoms with Crippen LogP contribution in [0.3, 0.4) is 0 Å². The van der Waals surface area contributed by atoms with E-state index in [4.69, 9.17) is 10.5 Å². The van der Waals surface area contributed by atoms with Crippen molar-refractivity contribution in [2.75, 3.05) is 5.73 Å². The van der Waals surface area contributed by atoms with E-state index in [0.717, 1.165) is 28.8 Å². The molecule has 0 saturated carbocycles. The molecule has 4 heteroatoms. The number of hydrogen-bond donors (Lipinski definition) is 1. The Kier molecular flexibility index (Phi) is 3.69. The van der Waals surface area contributed by atoms with Crippen LogP contribution in [-0.4, -0.2) is 0 Å². The van der Waals surface area contributed by atoms with Crippen LogP contribution in [0.2, 0.25) is 0 Å². The van der Waals surface area contributed by atoms with Crippen LogP contribution in [0.15, 0.2) is 30.3 Å². The lowest BCUT2D eigenvalue weighted by Gasteiger charge is -2.12. The molecule has 2 rings (SSSR count). The molecular weight excluding hydrogens is 248 g/mol. The molecule has 2 aromatic rings. The van der Waals surface area contributed by atoms with Gasteiger partial charge in [-0.1, -0.05) is 18.2 Å². The smallest absolute Gasteiger partial charge is 0.167 e. The van der Waals surface area contributed by atoms with Gasteiger partial charge in [0.2, 0.25) is 0 Å². The van der Waals surface area contributed by atoms with Gasteiger partial charge in [0.15, 0.2) is 11.6 Å². The highest BCUT2D eigenvalue weighted by Crippen LogP contribution is 2.24. The first-order valence-electron chi connectivity index (χ1n) is 5.91. The van der Waals surface area contributed by atoms with Crippen LogP contribution in [-0.2, 0) is 6.61 Å². The highest BCUT2D eigenvalue weighted by atomic mass is 19.1. The molecule has 0 fully saturated rings. The van der Waals surface area contributed by atoms with Gasteiger partial charge in [0.1, 0.15) is 12.4 Å². The minimum absolute atomic E-state index is 0.130. The van der Waals surface area contributed by atoms with Crippen LogP contribution in [0.4, 0.5) is 14.5 Å². The number of ether oxygens (including phenoxy) is 1. The Bertz CT molecular complexity index is 591. The van der Waals surface area contributed by atoms with Crippen LogP contribution < -0.4 is 10.5 Å². The van der Waals surface area contributed by atoms with E-state index in [0.29, 0.717) is 0 Å². The molecule has 0 bridgehead atoms. The molecule has 0 atom stereocenters. The predicted octanol–water partition coefficient (Wildman–Crippen LogP) is 3.74. The van der Waals surface area contributed by atoms with Gasteiger partial charge >= 0.3 is 0 Å². The largest absolute Gasteiger partial charge is 0.486 e. The molecule has 0 unspecified atom stereocenters. The van der Waals surface area contributed by atoms with E-state index in [1.165, 1.54) is 0 Å². The molecule has 0 aromatic heterocycles. The molecule has 2 nitrogen and oxygen atoms in total. The standard InChI is InChI=1S/C15H15F2NO/c1-9-4-3-5-10(2)11(9)8-19-15-7-12(16)14(18)6-13(15)17/h3-7H,8,18H2,1-2H3. The van der Waals surface area contributed by atoms with Gasteiger partial charge in [-0.25, -0.2) is 8.78 Å². The zero-order valence-electron chi connectivity index (χ0n) is 10.8. The number of hydrogen-bond acceptors (Lipinski definition) is 2. The lowest BCUT2D eigenvalue weighted by atomic mass is 10.0. The van der Waals surface area contributed by atoms with Crippen LogP contribution >= 0.6 is 0 Å². The summed E-state index contributed by atoms with van der Waals surface area (Å²) in [5.74, 6) is -1.47. The summed E-state index contributed by atoms with van der Waals surface area (Å²) in [5, 5.41) is 0. The molecule has 0 radical (unpaired) electrons. The topological polar surface area (TPSA) is 35.2 Å². The van der Waals surface area contributed by atoms with Gasteiger partial charge in [-0.05, 0) is 30.5 Å². The molecule has 0 heterocycles. The second-order valence-corrected chi connectivity index (χ2v) is 4.46. The van der Waals surface area contributed by atoms with E-state index in [1.807, 2.05) is 32.0 Å². The highest BCUT2D eigenvalue weighted by molar-refractivity contribution is 5.44. The molecule has 0 saturated heterocycles. The molecule has 0 aliphatic heterocycles. The second-order valence-electron chi connectivity index (χ2n) is 4.46. The molecule has 100 valence electrons. The van der Waals surface area contributed by atoms with E-state index in [-0.39, 0.29) is 18.0 Å². The SMILES string of the molecule is Cc1cccc(C)c1COc1cc(F)c(N)cc1F. The normalized spacial score (nSPS) is 10.5. The fourth-order valence-corrected chi connectivity index (χ4v) is 1.88. The summed E-state index contributed by atoms with van der Waals surface area (Å²) >= 11 is 0. The van der Waals surface area contributed by atoms with Crippen LogP contribution in [0.1, 0.15) is 16.7 Å². The van der Waals surface area contributed by atoms with Gasteiger partial charge < -0.3 is 10.5 Å². The zero-order chi connectivity index (χ0) is 14.0. The maximum Gasteiger partial charge on any atom is 0.167 e. The van der Waals surface area contributed by atoms with Crippen molar-refractivity contribution in [1.82, 2.24) is 0 Å². The summed E-state index contributed by atoms with van der Waals surface area (Å²) in [5.41, 5.74) is 8.13. The lowest BCUT2D eigenvalue weighted by molar-refractivity contribution is 0.287. The third kappa shape index (κ3) is 2.84. The zero-order valence-corrected chi connectivity index (χ0v) is 10.8. The van der Waals surface area contributed by atoms with Crippen molar-refractivity contribution in [3.63, 3.8) is 0 Å². The van der Waals surface area contributed by atoms with Crippen molar-refractivity contribution >= 4 is 5.69 Å². The maximum atomic E-state index is 13.6. The minimum Gasteiger partial charge on any atom is -0.486 e. The Morgan fingerprint density at radius 1 is 1.05 bits per heavy atom. The third-order valence-electron chi connectivity index (χ3n) is 3.07.